The molecule has 0 saturated carbocycles. The lowest BCUT2D eigenvalue weighted by molar-refractivity contribution is 0.118. The summed E-state index contributed by atoms with van der Waals surface area (Å²) in [6, 6.07) is 9.49. The van der Waals surface area contributed by atoms with Crippen LogP contribution in [0.4, 0.5) is 14.5 Å². The van der Waals surface area contributed by atoms with E-state index in [1.54, 1.807) is 50.6 Å². The maximum atomic E-state index is 14.5. The number of aromatic nitrogens is 2. The Labute approximate surface area is 218 Å². The maximum Gasteiger partial charge on any atom is 0.274 e. The predicted molar refractivity (Wildman–Crippen MR) is 141 cm³/mol. The number of benzene rings is 2. The van der Waals surface area contributed by atoms with Gasteiger partial charge in [0.05, 0.1) is 24.1 Å². The molecule has 3 heterocycles. The molecule has 200 valence electrons. The molecule has 5 rings (SSSR count). The Hall–Kier alpha value is -3.70. The molecular weight excluding hydrogens is 516 g/mol. The quantitative estimate of drug-likeness (QED) is 0.340. The average Bonchev–Trinajstić information content (AvgIpc) is 3.59. The van der Waals surface area contributed by atoms with Crippen LogP contribution in [0.15, 0.2) is 59.7 Å². The molecule has 38 heavy (non-hydrogen) atoms. The number of aryl methyl sites for hydroxylation is 1. The van der Waals surface area contributed by atoms with Crippen LogP contribution in [-0.4, -0.2) is 43.0 Å². The van der Waals surface area contributed by atoms with Gasteiger partial charge in [0.15, 0.2) is 11.6 Å². The first-order valence-corrected chi connectivity index (χ1v) is 13.8. The number of rotatable bonds is 8. The molecule has 2 aromatic heterocycles. The number of nitrogens with zero attached hydrogens (tertiary/aromatic N) is 2. The van der Waals surface area contributed by atoms with E-state index in [2.05, 4.69) is 4.98 Å². The third-order valence-electron chi connectivity index (χ3n) is 6.64. The third-order valence-corrected chi connectivity index (χ3v) is 8.40. The second-order valence-electron chi connectivity index (χ2n) is 9.15. The molecule has 1 aliphatic rings. The van der Waals surface area contributed by atoms with E-state index in [-0.39, 0.29) is 35.5 Å². The maximum absolute atomic E-state index is 14.5. The molecular formula is C27H27F2N3O5S. The summed E-state index contributed by atoms with van der Waals surface area (Å²) in [5.74, 6) is -1.75. The van der Waals surface area contributed by atoms with Gasteiger partial charge in [-0.2, -0.15) is 0 Å². The second kappa shape index (κ2) is 10.2. The smallest absolute Gasteiger partial charge is 0.274 e. The number of aromatic amines is 1. The summed E-state index contributed by atoms with van der Waals surface area (Å²) >= 11 is 0. The van der Waals surface area contributed by atoms with E-state index in [1.807, 2.05) is 0 Å². The van der Waals surface area contributed by atoms with Gasteiger partial charge in [-0.25, -0.2) is 17.2 Å². The van der Waals surface area contributed by atoms with Crippen molar-refractivity contribution < 1.29 is 26.7 Å². The van der Waals surface area contributed by atoms with Crippen molar-refractivity contribution in [1.82, 2.24) is 9.55 Å². The Bertz CT molecular complexity index is 1660. The molecule has 1 saturated heterocycles. The van der Waals surface area contributed by atoms with Crippen molar-refractivity contribution in [2.75, 3.05) is 23.2 Å². The van der Waals surface area contributed by atoms with Crippen LogP contribution < -0.4 is 14.6 Å². The fraction of sp³-hybridized carbons (Fsp3) is 0.296. The molecule has 8 nitrogen and oxygen atoms in total. The number of hydrogen-bond acceptors (Lipinski definition) is 5. The molecule has 0 bridgehead atoms. The SMILES string of the molecule is CCS(=O)(=O)N(CC1CCCO1)c1ccc(Oc2ccc(F)cc2F)c(-c2cn(C)c(=O)c3[nH]ccc23)c1. The highest BCUT2D eigenvalue weighted by Gasteiger charge is 2.28. The largest absolute Gasteiger partial charge is 0.454 e. The molecule has 11 heteroatoms. The fourth-order valence-electron chi connectivity index (χ4n) is 4.64. The second-order valence-corrected chi connectivity index (χ2v) is 11.3. The zero-order valence-electron chi connectivity index (χ0n) is 20.9. The van der Waals surface area contributed by atoms with Gasteiger partial charge >= 0.3 is 0 Å². The summed E-state index contributed by atoms with van der Waals surface area (Å²) in [6.45, 7) is 2.30. The van der Waals surface area contributed by atoms with Gasteiger partial charge in [-0.1, -0.05) is 0 Å². The first-order valence-electron chi connectivity index (χ1n) is 12.2. The van der Waals surface area contributed by atoms with Crippen molar-refractivity contribution >= 4 is 26.6 Å². The predicted octanol–water partition coefficient (Wildman–Crippen LogP) is 4.94. The Morgan fingerprint density at radius 3 is 2.63 bits per heavy atom. The van der Waals surface area contributed by atoms with Gasteiger partial charge in [0.2, 0.25) is 10.0 Å². The molecule has 4 aromatic rings. The van der Waals surface area contributed by atoms with E-state index in [4.69, 9.17) is 9.47 Å². The average molecular weight is 544 g/mol. The number of anilines is 1. The van der Waals surface area contributed by atoms with Gasteiger partial charge in [0, 0.05) is 48.6 Å². The molecule has 0 spiro atoms. The summed E-state index contributed by atoms with van der Waals surface area (Å²) in [6.07, 6.45) is 4.61. The Kier molecular flexibility index (Phi) is 6.97. The van der Waals surface area contributed by atoms with Crippen molar-refractivity contribution in [3.05, 3.63) is 76.8 Å². The van der Waals surface area contributed by atoms with Crippen molar-refractivity contribution in [1.29, 1.82) is 0 Å². The number of hydrogen-bond donors (Lipinski definition) is 1. The van der Waals surface area contributed by atoms with E-state index in [9.17, 15) is 22.0 Å². The lowest BCUT2D eigenvalue weighted by Crippen LogP contribution is -2.38. The van der Waals surface area contributed by atoms with Crippen LogP contribution in [0.25, 0.3) is 22.0 Å². The number of pyridine rings is 1. The fourth-order valence-corrected chi connectivity index (χ4v) is 5.78. The lowest BCUT2D eigenvalue weighted by Gasteiger charge is -2.27. The number of halogens is 2. The summed E-state index contributed by atoms with van der Waals surface area (Å²) in [7, 11) is -2.08. The van der Waals surface area contributed by atoms with Crippen LogP contribution in [0.5, 0.6) is 11.5 Å². The number of fused-ring (bicyclic) bond motifs is 1. The van der Waals surface area contributed by atoms with Crippen LogP contribution >= 0.6 is 0 Å². The van der Waals surface area contributed by atoms with Crippen LogP contribution in [0.2, 0.25) is 0 Å². The van der Waals surface area contributed by atoms with Gasteiger partial charge in [0.1, 0.15) is 17.1 Å². The van der Waals surface area contributed by atoms with E-state index < -0.39 is 21.7 Å². The van der Waals surface area contributed by atoms with Crippen molar-refractivity contribution in [3.8, 4) is 22.6 Å². The monoisotopic (exact) mass is 543 g/mol. The van der Waals surface area contributed by atoms with Gasteiger partial charge in [-0.15, -0.1) is 0 Å². The van der Waals surface area contributed by atoms with Crippen LogP contribution in [-0.2, 0) is 21.8 Å². The van der Waals surface area contributed by atoms with Gasteiger partial charge < -0.3 is 19.0 Å². The van der Waals surface area contributed by atoms with Gasteiger partial charge in [-0.3, -0.25) is 9.10 Å². The molecule has 1 unspecified atom stereocenters. The number of nitrogens with one attached hydrogen (secondary N) is 1. The molecule has 0 amide bonds. The van der Waals surface area contributed by atoms with Crippen LogP contribution in [0.3, 0.4) is 0 Å². The molecule has 2 aromatic carbocycles. The summed E-state index contributed by atoms with van der Waals surface area (Å²) in [5, 5.41) is 0.582. The zero-order valence-corrected chi connectivity index (χ0v) is 21.7. The van der Waals surface area contributed by atoms with Crippen molar-refractivity contribution in [2.45, 2.75) is 25.9 Å². The highest BCUT2D eigenvalue weighted by atomic mass is 32.2. The minimum Gasteiger partial charge on any atom is -0.454 e. The van der Waals surface area contributed by atoms with E-state index >= 15 is 0 Å². The van der Waals surface area contributed by atoms with E-state index in [0.717, 1.165) is 25.0 Å². The highest BCUT2D eigenvalue weighted by Crippen LogP contribution is 2.40. The lowest BCUT2D eigenvalue weighted by atomic mass is 10.0. The Morgan fingerprint density at radius 1 is 1.13 bits per heavy atom. The van der Waals surface area contributed by atoms with Crippen LogP contribution in [0, 0.1) is 11.6 Å². The topological polar surface area (TPSA) is 93.6 Å². The number of ether oxygens (including phenoxy) is 2. The zero-order chi connectivity index (χ0) is 27.0. The van der Waals surface area contributed by atoms with Gasteiger partial charge in [0.25, 0.3) is 5.56 Å². The normalized spacial score (nSPS) is 15.7. The molecule has 1 fully saturated rings. The third kappa shape index (κ3) is 4.91. The highest BCUT2D eigenvalue weighted by molar-refractivity contribution is 7.92. The van der Waals surface area contributed by atoms with E-state index in [0.29, 0.717) is 34.3 Å². The van der Waals surface area contributed by atoms with Gasteiger partial charge in [-0.05, 0) is 56.2 Å². The van der Waals surface area contributed by atoms with E-state index in [1.165, 1.54) is 14.9 Å². The number of H-pyrrole nitrogens is 1. The minimum absolute atomic E-state index is 0.115. The molecule has 1 atom stereocenters. The van der Waals surface area contributed by atoms with Crippen molar-refractivity contribution in [2.24, 2.45) is 7.05 Å². The standard InChI is InChI=1S/C27H27F2N3O5S/c1-3-38(34,35)32(15-19-5-4-12-36-19)18-7-9-24(37-25-8-6-17(28)13-23(25)29)21(14-18)22-16-31(2)27(33)26-20(22)10-11-30-26/h6-11,13-14,16,19,30H,3-5,12,15H2,1-2H3. The Balaban J connectivity index is 1.70. The summed E-state index contributed by atoms with van der Waals surface area (Å²) in [5.41, 5.74) is 1.47. The molecule has 0 aliphatic carbocycles. The summed E-state index contributed by atoms with van der Waals surface area (Å²) in [4.78, 5) is 15.6. The molecule has 1 aliphatic heterocycles. The minimum atomic E-state index is -3.68. The van der Waals surface area contributed by atoms with Crippen molar-refractivity contribution in [3.63, 3.8) is 0 Å². The number of sulfonamides is 1. The Morgan fingerprint density at radius 2 is 1.92 bits per heavy atom. The first kappa shape index (κ1) is 25.9. The molecule has 1 N–H and O–H groups in total. The first-order chi connectivity index (χ1) is 18.2. The summed E-state index contributed by atoms with van der Waals surface area (Å²) < 4.78 is 68.7. The molecule has 0 radical (unpaired) electrons. The van der Waals surface area contributed by atoms with Crippen LogP contribution in [0.1, 0.15) is 19.8 Å².